The highest BCUT2D eigenvalue weighted by Crippen LogP contribution is 2.40. The Kier molecular flexibility index (Phi) is 4.23. The van der Waals surface area contributed by atoms with Gasteiger partial charge >= 0.3 is 0 Å². The Morgan fingerprint density at radius 1 is 0.708 bits per heavy atom. The monoisotopic (exact) mass is 330 g/mol. The smallest absolute Gasteiger partial charge is 0.0406 e. The van der Waals surface area contributed by atoms with Gasteiger partial charge in [-0.25, -0.2) is 0 Å². The van der Waals surface area contributed by atoms with E-state index >= 15 is 0 Å². The molecule has 1 atom stereocenters. The molecule has 0 spiro atoms. The summed E-state index contributed by atoms with van der Waals surface area (Å²) in [4.78, 5) is 0. The number of fused-ring (bicyclic) bond motifs is 1. The molecule has 0 saturated carbocycles. The second kappa shape index (κ2) is 6.67. The summed E-state index contributed by atoms with van der Waals surface area (Å²) in [6, 6.07) is 27.8. The van der Waals surface area contributed by atoms with Gasteiger partial charge in [0.05, 0.1) is 0 Å². The van der Waals surface area contributed by atoms with Crippen molar-refractivity contribution in [3.63, 3.8) is 0 Å². The number of halogens is 1. The summed E-state index contributed by atoms with van der Waals surface area (Å²) in [5, 5.41) is 0.797. The van der Waals surface area contributed by atoms with Crippen LogP contribution in [-0.2, 0) is 12.8 Å². The third-order valence-electron chi connectivity index (χ3n) is 4.76. The summed E-state index contributed by atoms with van der Waals surface area (Å²) in [6.07, 6.45) is 4.41. The predicted octanol–water partition coefficient (Wildman–Crippen LogP) is 6.31. The number of hydrogen-bond acceptors (Lipinski definition) is 0. The summed E-state index contributed by atoms with van der Waals surface area (Å²) in [7, 11) is 0. The lowest BCUT2D eigenvalue weighted by Crippen LogP contribution is -2.05. The zero-order valence-corrected chi connectivity index (χ0v) is 14.2. The van der Waals surface area contributed by atoms with Crippen LogP contribution in [0.4, 0.5) is 0 Å². The van der Waals surface area contributed by atoms with Crippen LogP contribution < -0.4 is 0 Å². The standard InChI is InChI=1S/C23H19Cl/c24-21-12-10-18(11-13-21)15-23-20(14-17-6-2-1-3-7-17)16-19-8-4-5-9-22(19)23/h1-13,16,23H,14-15H2. The third kappa shape index (κ3) is 3.16. The van der Waals surface area contributed by atoms with E-state index in [1.165, 1.54) is 27.8 Å². The molecule has 1 heteroatoms. The molecule has 118 valence electrons. The normalized spacial score (nSPS) is 15.9. The van der Waals surface area contributed by atoms with E-state index in [2.05, 4.69) is 72.8 Å². The molecule has 0 fully saturated rings. The maximum absolute atomic E-state index is 6.03. The molecule has 1 unspecified atom stereocenters. The van der Waals surface area contributed by atoms with Gasteiger partial charge in [-0.1, -0.05) is 90.0 Å². The molecule has 0 bridgehead atoms. The van der Waals surface area contributed by atoms with Crippen LogP contribution in [-0.4, -0.2) is 0 Å². The first kappa shape index (κ1) is 15.2. The molecule has 0 N–H and O–H groups in total. The van der Waals surface area contributed by atoms with Gasteiger partial charge in [0.2, 0.25) is 0 Å². The quantitative estimate of drug-likeness (QED) is 0.526. The summed E-state index contributed by atoms with van der Waals surface area (Å²) >= 11 is 6.03. The summed E-state index contributed by atoms with van der Waals surface area (Å²) < 4.78 is 0. The van der Waals surface area contributed by atoms with Crippen LogP contribution in [0.2, 0.25) is 5.02 Å². The van der Waals surface area contributed by atoms with Crippen molar-refractivity contribution in [1.82, 2.24) is 0 Å². The first-order chi connectivity index (χ1) is 11.8. The lowest BCUT2D eigenvalue weighted by molar-refractivity contribution is 0.780. The number of benzene rings is 3. The molecule has 0 amide bonds. The Morgan fingerprint density at radius 3 is 2.21 bits per heavy atom. The molecule has 4 rings (SSSR count). The Balaban J connectivity index is 1.65. The van der Waals surface area contributed by atoms with Crippen molar-refractivity contribution in [1.29, 1.82) is 0 Å². The minimum atomic E-state index is 0.447. The van der Waals surface area contributed by atoms with E-state index in [0.29, 0.717) is 5.92 Å². The van der Waals surface area contributed by atoms with Crippen LogP contribution >= 0.6 is 11.6 Å². The maximum Gasteiger partial charge on any atom is 0.0406 e. The van der Waals surface area contributed by atoms with Gasteiger partial charge in [-0.15, -0.1) is 0 Å². The zero-order chi connectivity index (χ0) is 16.4. The van der Waals surface area contributed by atoms with Crippen LogP contribution in [0.15, 0.2) is 84.4 Å². The van der Waals surface area contributed by atoms with E-state index in [1.54, 1.807) is 0 Å². The largest absolute Gasteiger partial charge is 0.0843 e. The van der Waals surface area contributed by atoms with E-state index in [1.807, 2.05) is 12.1 Å². The Hall–Kier alpha value is -2.31. The van der Waals surface area contributed by atoms with Crippen molar-refractivity contribution in [3.05, 3.63) is 112 Å². The van der Waals surface area contributed by atoms with Crippen molar-refractivity contribution >= 4 is 17.7 Å². The minimum absolute atomic E-state index is 0.447. The number of hydrogen-bond donors (Lipinski definition) is 0. The minimum Gasteiger partial charge on any atom is -0.0843 e. The second-order valence-electron chi connectivity index (χ2n) is 6.39. The maximum atomic E-state index is 6.03. The highest BCUT2D eigenvalue weighted by molar-refractivity contribution is 6.30. The van der Waals surface area contributed by atoms with Crippen LogP contribution in [0.25, 0.3) is 6.08 Å². The molecule has 0 aromatic heterocycles. The van der Waals surface area contributed by atoms with E-state index in [9.17, 15) is 0 Å². The molecule has 0 aliphatic heterocycles. The molecule has 1 aliphatic rings. The number of allylic oxidation sites excluding steroid dienone is 1. The Bertz CT molecular complexity index is 860. The second-order valence-corrected chi connectivity index (χ2v) is 6.83. The topological polar surface area (TPSA) is 0 Å². The molecular formula is C23H19Cl. The summed E-state index contributed by atoms with van der Waals surface area (Å²) in [5.41, 5.74) is 7.01. The molecule has 0 nitrogen and oxygen atoms in total. The van der Waals surface area contributed by atoms with E-state index in [0.717, 1.165) is 17.9 Å². The van der Waals surface area contributed by atoms with Crippen molar-refractivity contribution in [2.75, 3.05) is 0 Å². The van der Waals surface area contributed by atoms with E-state index in [-0.39, 0.29) is 0 Å². The molecule has 0 heterocycles. The van der Waals surface area contributed by atoms with Crippen LogP contribution in [0.1, 0.15) is 28.2 Å². The van der Waals surface area contributed by atoms with Gasteiger partial charge in [0, 0.05) is 10.9 Å². The molecule has 24 heavy (non-hydrogen) atoms. The van der Waals surface area contributed by atoms with Crippen molar-refractivity contribution < 1.29 is 0 Å². The fourth-order valence-corrected chi connectivity index (χ4v) is 3.69. The Labute approximate surface area is 148 Å². The fourth-order valence-electron chi connectivity index (χ4n) is 3.56. The van der Waals surface area contributed by atoms with Gasteiger partial charge in [0.25, 0.3) is 0 Å². The molecule has 3 aromatic carbocycles. The molecule has 1 aliphatic carbocycles. The molecule has 3 aromatic rings. The van der Waals surface area contributed by atoms with Gasteiger partial charge in [0.1, 0.15) is 0 Å². The fraction of sp³-hybridized carbons (Fsp3) is 0.130. The summed E-state index contributed by atoms with van der Waals surface area (Å²) in [6.45, 7) is 0. The Morgan fingerprint density at radius 2 is 1.42 bits per heavy atom. The van der Waals surface area contributed by atoms with E-state index < -0.39 is 0 Å². The van der Waals surface area contributed by atoms with Crippen molar-refractivity contribution in [2.24, 2.45) is 0 Å². The van der Waals surface area contributed by atoms with Gasteiger partial charge in [-0.05, 0) is 47.2 Å². The van der Waals surface area contributed by atoms with Crippen LogP contribution in [0.3, 0.4) is 0 Å². The predicted molar refractivity (Wildman–Crippen MR) is 102 cm³/mol. The van der Waals surface area contributed by atoms with Gasteiger partial charge in [-0.3, -0.25) is 0 Å². The average molecular weight is 331 g/mol. The SMILES string of the molecule is Clc1ccc(CC2C(Cc3ccccc3)=Cc3ccccc32)cc1. The summed E-state index contributed by atoms with van der Waals surface area (Å²) in [5.74, 6) is 0.447. The third-order valence-corrected chi connectivity index (χ3v) is 5.02. The van der Waals surface area contributed by atoms with Crippen molar-refractivity contribution in [3.8, 4) is 0 Å². The van der Waals surface area contributed by atoms with Gasteiger partial charge in [-0.2, -0.15) is 0 Å². The molecule has 0 radical (unpaired) electrons. The first-order valence-corrected chi connectivity index (χ1v) is 8.75. The lowest BCUT2D eigenvalue weighted by atomic mass is 9.86. The first-order valence-electron chi connectivity index (χ1n) is 8.37. The van der Waals surface area contributed by atoms with Crippen LogP contribution in [0.5, 0.6) is 0 Å². The average Bonchev–Trinajstić information content (AvgIpc) is 2.95. The molecular weight excluding hydrogens is 312 g/mol. The van der Waals surface area contributed by atoms with E-state index in [4.69, 9.17) is 11.6 Å². The number of rotatable bonds is 4. The van der Waals surface area contributed by atoms with Gasteiger partial charge in [0.15, 0.2) is 0 Å². The van der Waals surface area contributed by atoms with Gasteiger partial charge < -0.3 is 0 Å². The highest BCUT2D eigenvalue weighted by Gasteiger charge is 2.25. The van der Waals surface area contributed by atoms with Crippen molar-refractivity contribution in [2.45, 2.75) is 18.8 Å². The highest BCUT2D eigenvalue weighted by atomic mass is 35.5. The lowest BCUT2D eigenvalue weighted by Gasteiger charge is -2.17. The molecule has 0 saturated heterocycles. The van der Waals surface area contributed by atoms with Crippen LogP contribution in [0, 0.1) is 0 Å². The zero-order valence-electron chi connectivity index (χ0n) is 13.5.